The van der Waals surface area contributed by atoms with Crippen molar-refractivity contribution in [3.8, 4) is 17.2 Å². The highest BCUT2D eigenvalue weighted by Crippen LogP contribution is 2.62. The number of unbranched alkanes of at least 4 members (excludes halogenated alkanes) is 2. The van der Waals surface area contributed by atoms with Crippen LogP contribution in [0.4, 0.5) is 4.79 Å². The fourth-order valence-corrected chi connectivity index (χ4v) is 9.06. The molecule has 58 heavy (non-hydrogen) atoms. The Morgan fingerprint density at radius 1 is 0.983 bits per heavy atom. The maximum Gasteiger partial charge on any atom is 0.410 e. The Labute approximate surface area is 342 Å². The minimum Gasteiger partial charge on any atom is -0.459 e. The van der Waals surface area contributed by atoms with Crippen LogP contribution in [0.2, 0.25) is 0 Å². The molecule has 0 saturated heterocycles. The highest BCUT2D eigenvalue weighted by molar-refractivity contribution is 6.03. The number of nitrogens with zero attached hydrogens (tertiary/aromatic N) is 2. The quantitative estimate of drug-likeness (QED) is 0.0469. The van der Waals surface area contributed by atoms with Crippen LogP contribution in [-0.4, -0.2) is 78.0 Å². The number of hydrogen-bond donors (Lipinski definition) is 2. The molecule has 1 aliphatic heterocycles. The number of hydrogen-bond acceptors (Lipinski definition) is 10. The number of ether oxygens (including phenoxy) is 4. The summed E-state index contributed by atoms with van der Waals surface area (Å²) in [5.41, 5.74) is 4.00. The van der Waals surface area contributed by atoms with Crippen LogP contribution in [0.5, 0.6) is 17.2 Å². The lowest BCUT2D eigenvalue weighted by Crippen LogP contribution is -2.70. The minimum absolute atomic E-state index is 0.0544. The third-order valence-electron chi connectivity index (χ3n) is 11.5. The topological polar surface area (TPSA) is 136 Å². The van der Waals surface area contributed by atoms with Crippen LogP contribution in [0.25, 0.3) is 0 Å². The van der Waals surface area contributed by atoms with Gasteiger partial charge in [-0.1, -0.05) is 79.5 Å². The van der Waals surface area contributed by atoms with Gasteiger partial charge in [-0.05, 0) is 92.3 Å². The van der Waals surface area contributed by atoms with Gasteiger partial charge in [0, 0.05) is 43.2 Å². The van der Waals surface area contributed by atoms with Crippen molar-refractivity contribution >= 4 is 18.1 Å². The van der Waals surface area contributed by atoms with E-state index in [0.29, 0.717) is 55.2 Å². The van der Waals surface area contributed by atoms with Crippen LogP contribution < -0.4 is 9.47 Å². The van der Waals surface area contributed by atoms with Crippen LogP contribution in [0.1, 0.15) is 92.6 Å². The molecule has 0 radical (unpaired) electrons. The number of oxime groups is 1. The summed E-state index contributed by atoms with van der Waals surface area (Å²) < 4.78 is 26.7. The van der Waals surface area contributed by atoms with Gasteiger partial charge < -0.3 is 34.0 Å². The van der Waals surface area contributed by atoms with Gasteiger partial charge in [0.2, 0.25) is 5.79 Å². The van der Waals surface area contributed by atoms with Gasteiger partial charge in [0.1, 0.15) is 42.8 Å². The molecule has 2 N–H and O–H groups in total. The SMILES string of the molecule is C=CCOC12Oc3ccc(Oc4cccc(C=O)c4)cc3C3C(CCCCO)C(CCCCO)C=C(C(=NOCC)CC1N(CCC)C(=O)OCc1ccccc1)C32. The number of allylic oxidation sites excluding steroid dienone is 1. The van der Waals surface area contributed by atoms with Crippen molar-refractivity contribution in [1.82, 2.24) is 4.90 Å². The summed E-state index contributed by atoms with van der Waals surface area (Å²) in [5.74, 6) is -0.191. The normalized spacial score (nSPS) is 23.8. The van der Waals surface area contributed by atoms with Gasteiger partial charge in [0.15, 0.2) is 0 Å². The van der Waals surface area contributed by atoms with Gasteiger partial charge in [-0.2, -0.15) is 0 Å². The van der Waals surface area contributed by atoms with Crippen molar-refractivity contribution in [2.75, 3.05) is 33.0 Å². The molecule has 310 valence electrons. The summed E-state index contributed by atoms with van der Waals surface area (Å²) in [5, 5.41) is 24.5. The van der Waals surface area contributed by atoms with Crippen molar-refractivity contribution in [3.63, 3.8) is 0 Å². The van der Waals surface area contributed by atoms with E-state index in [1.165, 1.54) is 0 Å². The molecular weight excluding hydrogens is 737 g/mol. The first-order valence-electron chi connectivity index (χ1n) is 20.8. The highest BCUT2D eigenvalue weighted by Gasteiger charge is 2.65. The number of aldehydes is 1. The van der Waals surface area contributed by atoms with Gasteiger partial charge in [-0.15, -0.1) is 6.58 Å². The number of aliphatic hydroxyl groups excluding tert-OH is 2. The van der Waals surface area contributed by atoms with E-state index < -0.39 is 23.8 Å². The number of aliphatic hydroxyl groups is 2. The smallest absolute Gasteiger partial charge is 0.410 e. The summed E-state index contributed by atoms with van der Waals surface area (Å²) in [6, 6.07) is 21.7. The van der Waals surface area contributed by atoms with Crippen LogP contribution >= 0.6 is 0 Å². The molecule has 0 aromatic heterocycles. The Balaban J connectivity index is 1.55. The first kappa shape index (κ1) is 42.6. The number of carbonyl (C=O) groups is 2. The molecule has 6 rings (SSSR count). The Morgan fingerprint density at radius 2 is 1.76 bits per heavy atom. The molecule has 11 heteroatoms. The Bertz CT molecular complexity index is 1900. The standard InChI is InChI=1S/C47H58N2O9/c1-4-23-49(46(53)54-32-33-15-8-7-9-16-33)43-30-41(48-56-6-3)39-28-35(18-10-12-24-50)38(20-11-13-25-51)44-40-29-37(57-36-19-14-17-34(27-36)31-52)21-22-42(40)58-47(43,45(39)44)55-26-5-2/h5,7-9,14-17,19,21-22,27-29,31,35,38,43-45,50-51H,2,4,6,10-13,18,20,23-26,30,32H2,1,3H3. The summed E-state index contributed by atoms with van der Waals surface area (Å²) >= 11 is 0. The van der Waals surface area contributed by atoms with Crippen molar-refractivity contribution in [2.45, 2.75) is 89.6 Å². The molecule has 1 fully saturated rings. The molecule has 0 spiro atoms. The fraction of sp³-hybridized carbons (Fsp3) is 0.468. The molecule has 2 aliphatic carbocycles. The van der Waals surface area contributed by atoms with E-state index in [1.807, 2.05) is 68.4 Å². The maximum absolute atomic E-state index is 14.4. The number of amides is 1. The third kappa shape index (κ3) is 9.49. The fourth-order valence-electron chi connectivity index (χ4n) is 9.06. The molecule has 6 unspecified atom stereocenters. The van der Waals surface area contributed by atoms with Crippen molar-refractivity contribution in [2.24, 2.45) is 22.9 Å². The van der Waals surface area contributed by atoms with Gasteiger partial charge in [-0.25, -0.2) is 4.79 Å². The Hall–Kier alpha value is -4.97. The number of benzene rings is 3. The van der Waals surface area contributed by atoms with Crippen LogP contribution in [0, 0.1) is 17.8 Å². The average molecular weight is 795 g/mol. The highest BCUT2D eigenvalue weighted by atomic mass is 16.7. The molecule has 0 bridgehead atoms. The molecule has 3 aromatic carbocycles. The lowest BCUT2D eigenvalue weighted by Gasteiger charge is -2.59. The van der Waals surface area contributed by atoms with E-state index in [-0.39, 0.29) is 50.6 Å². The lowest BCUT2D eigenvalue weighted by atomic mass is 9.55. The van der Waals surface area contributed by atoms with E-state index in [9.17, 15) is 19.8 Å². The molecule has 11 nitrogen and oxygen atoms in total. The largest absolute Gasteiger partial charge is 0.459 e. The summed E-state index contributed by atoms with van der Waals surface area (Å²) in [7, 11) is 0. The van der Waals surface area contributed by atoms with Crippen molar-refractivity contribution in [1.29, 1.82) is 0 Å². The predicted molar refractivity (Wildman–Crippen MR) is 222 cm³/mol. The molecule has 3 aliphatic rings. The first-order chi connectivity index (χ1) is 28.4. The van der Waals surface area contributed by atoms with E-state index >= 15 is 0 Å². The van der Waals surface area contributed by atoms with E-state index in [0.717, 1.165) is 54.4 Å². The summed E-state index contributed by atoms with van der Waals surface area (Å²) in [6.07, 6.45) is 9.88. The Kier molecular flexibility index (Phi) is 15.2. The zero-order chi connectivity index (χ0) is 40.9. The second-order valence-corrected chi connectivity index (χ2v) is 15.2. The number of carbonyl (C=O) groups excluding carboxylic acids is 2. The lowest BCUT2D eigenvalue weighted by molar-refractivity contribution is -0.255. The Morgan fingerprint density at radius 3 is 2.48 bits per heavy atom. The second-order valence-electron chi connectivity index (χ2n) is 15.2. The van der Waals surface area contributed by atoms with Crippen LogP contribution in [0.3, 0.4) is 0 Å². The van der Waals surface area contributed by atoms with E-state index in [4.69, 9.17) is 28.9 Å². The van der Waals surface area contributed by atoms with Crippen LogP contribution in [0.15, 0.2) is 102 Å². The maximum atomic E-state index is 14.4. The minimum atomic E-state index is -1.39. The van der Waals surface area contributed by atoms with Crippen molar-refractivity contribution in [3.05, 3.63) is 114 Å². The van der Waals surface area contributed by atoms with Gasteiger partial charge >= 0.3 is 6.09 Å². The first-order valence-corrected chi connectivity index (χ1v) is 20.8. The number of fused-ring (bicyclic) bond motifs is 2. The molecule has 1 heterocycles. The summed E-state index contributed by atoms with van der Waals surface area (Å²) in [6.45, 7) is 9.13. The predicted octanol–water partition coefficient (Wildman–Crippen LogP) is 8.99. The van der Waals surface area contributed by atoms with Crippen LogP contribution in [-0.2, 0) is 20.9 Å². The van der Waals surface area contributed by atoms with E-state index in [2.05, 4.69) is 12.7 Å². The summed E-state index contributed by atoms with van der Waals surface area (Å²) in [4.78, 5) is 33.6. The van der Waals surface area contributed by atoms with Gasteiger partial charge in [0.05, 0.1) is 18.2 Å². The molecule has 3 aromatic rings. The average Bonchev–Trinajstić information content (AvgIpc) is 3.25. The zero-order valence-electron chi connectivity index (χ0n) is 33.8. The van der Waals surface area contributed by atoms with E-state index in [1.54, 1.807) is 29.2 Å². The van der Waals surface area contributed by atoms with Crippen molar-refractivity contribution < 1.29 is 43.6 Å². The monoisotopic (exact) mass is 794 g/mol. The molecular formula is C47H58N2O9. The molecule has 1 amide bonds. The van der Waals surface area contributed by atoms with Gasteiger partial charge in [0.25, 0.3) is 0 Å². The molecule has 1 saturated carbocycles. The molecule has 6 atom stereocenters. The second kappa shape index (κ2) is 20.6. The third-order valence-corrected chi connectivity index (χ3v) is 11.5. The zero-order valence-corrected chi connectivity index (χ0v) is 33.8. The van der Waals surface area contributed by atoms with Gasteiger partial charge in [-0.3, -0.25) is 9.69 Å². The number of rotatable bonds is 21.